The standard InChI is InChI=1S/C16H18N2S/c1-2-19-15-8-4-3-7-13(15)18-14-10-9-12-6-5-11-17-16(12)14/h3-8,11,14,18H,2,9-10H2,1H3. The predicted molar refractivity (Wildman–Crippen MR) is 81.8 cm³/mol. The van der Waals surface area contributed by atoms with Crippen molar-refractivity contribution in [3.63, 3.8) is 0 Å². The molecule has 0 amide bonds. The van der Waals surface area contributed by atoms with Crippen molar-refractivity contribution in [2.75, 3.05) is 11.1 Å². The molecule has 1 aliphatic rings. The van der Waals surface area contributed by atoms with E-state index in [1.54, 1.807) is 0 Å². The van der Waals surface area contributed by atoms with Gasteiger partial charge in [0, 0.05) is 16.8 Å². The monoisotopic (exact) mass is 270 g/mol. The van der Waals surface area contributed by atoms with Crippen molar-refractivity contribution in [3.05, 3.63) is 53.9 Å². The fourth-order valence-electron chi connectivity index (χ4n) is 2.61. The lowest BCUT2D eigenvalue weighted by molar-refractivity contribution is 0.743. The van der Waals surface area contributed by atoms with Crippen LogP contribution in [0, 0.1) is 0 Å². The third-order valence-corrected chi connectivity index (χ3v) is 4.43. The van der Waals surface area contributed by atoms with E-state index in [4.69, 9.17) is 0 Å². The highest BCUT2D eigenvalue weighted by Crippen LogP contribution is 2.35. The van der Waals surface area contributed by atoms with Crippen LogP contribution < -0.4 is 5.32 Å². The molecule has 0 saturated carbocycles. The average molecular weight is 270 g/mol. The smallest absolute Gasteiger partial charge is 0.0691 e. The highest BCUT2D eigenvalue weighted by Gasteiger charge is 2.23. The van der Waals surface area contributed by atoms with Gasteiger partial charge in [0.15, 0.2) is 0 Å². The number of aromatic nitrogens is 1. The molecule has 1 unspecified atom stereocenters. The van der Waals surface area contributed by atoms with Crippen LogP contribution in [0.15, 0.2) is 47.5 Å². The molecule has 0 spiro atoms. The first-order valence-corrected chi connectivity index (χ1v) is 7.79. The molecule has 19 heavy (non-hydrogen) atoms. The van der Waals surface area contributed by atoms with E-state index in [0.717, 1.165) is 18.6 Å². The van der Waals surface area contributed by atoms with Crippen LogP contribution in [0.4, 0.5) is 5.69 Å². The van der Waals surface area contributed by atoms with Gasteiger partial charge in [0.2, 0.25) is 0 Å². The van der Waals surface area contributed by atoms with Gasteiger partial charge in [-0.1, -0.05) is 25.1 Å². The molecule has 0 fully saturated rings. The van der Waals surface area contributed by atoms with Gasteiger partial charge in [0.1, 0.15) is 0 Å². The Kier molecular flexibility index (Phi) is 3.74. The summed E-state index contributed by atoms with van der Waals surface area (Å²) in [5, 5.41) is 3.67. The van der Waals surface area contributed by atoms with Gasteiger partial charge in [0.25, 0.3) is 0 Å². The van der Waals surface area contributed by atoms with Crippen molar-refractivity contribution in [1.29, 1.82) is 0 Å². The van der Waals surface area contributed by atoms with E-state index in [1.165, 1.54) is 21.8 Å². The van der Waals surface area contributed by atoms with Crippen molar-refractivity contribution >= 4 is 17.4 Å². The number of nitrogens with zero attached hydrogens (tertiary/aromatic N) is 1. The SMILES string of the molecule is CCSc1ccccc1NC1CCc2cccnc21. The molecular formula is C16H18N2S. The first-order valence-electron chi connectivity index (χ1n) is 6.80. The maximum atomic E-state index is 4.54. The number of pyridine rings is 1. The predicted octanol–water partition coefficient (Wildman–Crippen LogP) is 4.29. The van der Waals surface area contributed by atoms with E-state index in [9.17, 15) is 0 Å². The molecule has 0 bridgehead atoms. The maximum absolute atomic E-state index is 4.54. The number of aryl methyl sites for hydroxylation is 1. The zero-order valence-electron chi connectivity index (χ0n) is 11.1. The molecule has 1 heterocycles. The number of para-hydroxylation sites is 1. The largest absolute Gasteiger partial charge is 0.376 e. The molecule has 1 aromatic carbocycles. The van der Waals surface area contributed by atoms with Crippen LogP contribution >= 0.6 is 11.8 Å². The van der Waals surface area contributed by atoms with Gasteiger partial charge in [0.05, 0.1) is 11.7 Å². The number of thioether (sulfide) groups is 1. The van der Waals surface area contributed by atoms with Crippen LogP contribution in [0.3, 0.4) is 0 Å². The third kappa shape index (κ3) is 2.61. The summed E-state index contributed by atoms with van der Waals surface area (Å²) < 4.78 is 0. The Labute approximate surface area is 118 Å². The van der Waals surface area contributed by atoms with Crippen molar-refractivity contribution in [1.82, 2.24) is 4.98 Å². The Bertz CT molecular complexity index is 568. The summed E-state index contributed by atoms with van der Waals surface area (Å²) in [4.78, 5) is 5.87. The summed E-state index contributed by atoms with van der Waals surface area (Å²) >= 11 is 1.88. The highest BCUT2D eigenvalue weighted by molar-refractivity contribution is 7.99. The van der Waals surface area contributed by atoms with E-state index < -0.39 is 0 Å². The number of nitrogens with one attached hydrogen (secondary N) is 1. The summed E-state index contributed by atoms with van der Waals surface area (Å²) in [6.45, 7) is 2.19. The molecule has 2 nitrogen and oxygen atoms in total. The van der Waals surface area contributed by atoms with E-state index in [1.807, 2.05) is 24.0 Å². The molecule has 0 saturated heterocycles. The quantitative estimate of drug-likeness (QED) is 0.839. The summed E-state index contributed by atoms with van der Waals surface area (Å²) in [5.74, 6) is 1.10. The number of fused-ring (bicyclic) bond motifs is 1. The average Bonchev–Trinajstić information content (AvgIpc) is 2.85. The van der Waals surface area contributed by atoms with Crippen LogP contribution in [0.5, 0.6) is 0 Å². The summed E-state index contributed by atoms with van der Waals surface area (Å²) in [6.07, 6.45) is 4.16. The molecule has 3 heteroatoms. The molecule has 98 valence electrons. The van der Waals surface area contributed by atoms with Crippen LogP contribution in [-0.2, 0) is 6.42 Å². The van der Waals surface area contributed by atoms with Gasteiger partial charge < -0.3 is 5.32 Å². The number of rotatable bonds is 4. The van der Waals surface area contributed by atoms with E-state index in [0.29, 0.717) is 6.04 Å². The van der Waals surface area contributed by atoms with Crippen LogP contribution in [0.1, 0.15) is 30.6 Å². The number of hydrogen-bond donors (Lipinski definition) is 1. The topological polar surface area (TPSA) is 24.9 Å². The van der Waals surface area contributed by atoms with Crippen molar-refractivity contribution in [2.45, 2.75) is 30.7 Å². The van der Waals surface area contributed by atoms with Gasteiger partial charge in [-0.15, -0.1) is 11.8 Å². The molecule has 1 atom stereocenters. The zero-order valence-corrected chi connectivity index (χ0v) is 11.9. The van der Waals surface area contributed by atoms with Crippen molar-refractivity contribution < 1.29 is 0 Å². The summed E-state index contributed by atoms with van der Waals surface area (Å²) in [6, 6.07) is 13.1. The summed E-state index contributed by atoms with van der Waals surface area (Å²) in [5.41, 5.74) is 3.84. The third-order valence-electron chi connectivity index (χ3n) is 3.48. The normalized spacial score (nSPS) is 17.2. The maximum Gasteiger partial charge on any atom is 0.0691 e. The number of benzene rings is 1. The molecular weight excluding hydrogens is 252 g/mol. The first-order chi connectivity index (χ1) is 9.38. The van der Waals surface area contributed by atoms with Gasteiger partial charge in [-0.2, -0.15) is 0 Å². The fourth-order valence-corrected chi connectivity index (χ4v) is 3.38. The van der Waals surface area contributed by atoms with E-state index in [2.05, 4.69) is 47.6 Å². The molecule has 3 rings (SSSR count). The van der Waals surface area contributed by atoms with E-state index in [-0.39, 0.29) is 0 Å². The Balaban J connectivity index is 1.83. The van der Waals surface area contributed by atoms with E-state index >= 15 is 0 Å². The fraction of sp³-hybridized carbons (Fsp3) is 0.312. The minimum atomic E-state index is 0.356. The Morgan fingerprint density at radius 1 is 1.26 bits per heavy atom. The molecule has 1 aliphatic carbocycles. The van der Waals surface area contributed by atoms with Crippen molar-refractivity contribution in [3.8, 4) is 0 Å². The minimum Gasteiger partial charge on any atom is -0.376 e. The first kappa shape index (κ1) is 12.5. The Hall–Kier alpha value is -1.48. The Morgan fingerprint density at radius 2 is 2.16 bits per heavy atom. The van der Waals surface area contributed by atoms with Gasteiger partial charge in [-0.25, -0.2) is 0 Å². The zero-order chi connectivity index (χ0) is 13.1. The van der Waals surface area contributed by atoms with Crippen LogP contribution in [0.2, 0.25) is 0 Å². The molecule has 2 aromatic rings. The van der Waals surface area contributed by atoms with Crippen LogP contribution in [-0.4, -0.2) is 10.7 Å². The molecule has 1 aromatic heterocycles. The minimum absolute atomic E-state index is 0.356. The molecule has 0 aliphatic heterocycles. The lowest BCUT2D eigenvalue weighted by Crippen LogP contribution is -2.09. The number of anilines is 1. The second kappa shape index (κ2) is 5.66. The lowest BCUT2D eigenvalue weighted by Gasteiger charge is -2.17. The van der Waals surface area contributed by atoms with Gasteiger partial charge >= 0.3 is 0 Å². The lowest BCUT2D eigenvalue weighted by atomic mass is 10.2. The van der Waals surface area contributed by atoms with Crippen LogP contribution in [0.25, 0.3) is 0 Å². The molecule has 0 radical (unpaired) electrons. The Morgan fingerprint density at radius 3 is 3.05 bits per heavy atom. The van der Waals surface area contributed by atoms with Gasteiger partial charge in [-0.05, 0) is 42.4 Å². The second-order valence-corrected chi connectivity index (χ2v) is 6.02. The second-order valence-electron chi connectivity index (χ2n) is 4.71. The molecule has 1 N–H and O–H groups in total. The number of hydrogen-bond acceptors (Lipinski definition) is 3. The summed E-state index contributed by atoms with van der Waals surface area (Å²) in [7, 11) is 0. The van der Waals surface area contributed by atoms with Gasteiger partial charge in [-0.3, -0.25) is 4.98 Å². The highest BCUT2D eigenvalue weighted by atomic mass is 32.2. The van der Waals surface area contributed by atoms with Crippen molar-refractivity contribution in [2.24, 2.45) is 0 Å².